The molecule has 0 bridgehead atoms. The van der Waals surface area contributed by atoms with Gasteiger partial charge >= 0.3 is 0 Å². The van der Waals surface area contributed by atoms with Crippen LogP contribution in [0.3, 0.4) is 0 Å². The predicted octanol–water partition coefficient (Wildman–Crippen LogP) is 5.32. The van der Waals surface area contributed by atoms with Gasteiger partial charge in [0.2, 0.25) is 0 Å². The number of anilines is 1. The number of aromatic nitrogens is 1. The van der Waals surface area contributed by atoms with Crippen molar-refractivity contribution >= 4 is 23.5 Å². The molecule has 1 aromatic heterocycles. The molecule has 1 amide bonds. The van der Waals surface area contributed by atoms with Crippen LogP contribution >= 0.6 is 11.8 Å². The van der Waals surface area contributed by atoms with Crippen molar-refractivity contribution in [2.45, 2.75) is 32.0 Å². The third-order valence-corrected chi connectivity index (χ3v) is 5.28. The molecule has 7 heteroatoms. The molecule has 2 N–H and O–H groups in total. The second kappa shape index (κ2) is 10.2. The van der Waals surface area contributed by atoms with E-state index in [4.69, 9.17) is 0 Å². The number of halogens is 2. The summed E-state index contributed by atoms with van der Waals surface area (Å²) in [7, 11) is 0. The van der Waals surface area contributed by atoms with E-state index in [0.29, 0.717) is 28.5 Å². The normalized spacial score (nSPS) is 10.7. The number of aryl methyl sites for hydroxylation is 1. The van der Waals surface area contributed by atoms with Crippen LogP contribution in [-0.2, 0) is 13.1 Å². The van der Waals surface area contributed by atoms with Gasteiger partial charge < -0.3 is 10.6 Å². The highest BCUT2D eigenvalue weighted by molar-refractivity contribution is 7.99. The molecule has 0 aliphatic carbocycles. The van der Waals surface area contributed by atoms with Crippen molar-refractivity contribution in [3.8, 4) is 0 Å². The number of carbonyl (C=O) groups is 1. The summed E-state index contributed by atoms with van der Waals surface area (Å²) in [5, 5.41) is 6.71. The Morgan fingerprint density at radius 1 is 1.00 bits per heavy atom. The maximum absolute atomic E-state index is 13.4. The highest BCUT2D eigenvalue weighted by atomic mass is 32.2. The summed E-state index contributed by atoms with van der Waals surface area (Å²) in [6.45, 7) is 4.58. The molecule has 0 radical (unpaired) electrons. The maximum atomic E-state index is 13.4. The van der Waals surface area contributed by atoms with Crippen molar-refractivity contribution in [1.82, 2.24) is 10.3 Å². The minimum Gasteiger partial charge on any atom is -0.366 e. The lowest BCUT2D eigenvalue weighted by atomic mass is 10.1. The van der Waals surface area contributed by atoms with Crippen molar-refractivity contribution in [3.05, 3.63) is 88.5 Å². The summed E-state index contributed by atoms with van der Waals surface area (Å²) in [4.78, 5) is 17.4. The lowest BCUT2D eigenvalue weighted by Gasteiger charge is -2.15. The highest BCUT2D eigenvalue weighted by Crippen LogP contribution is 2.26. The van der Waals surface area contributed by atoms with Crippen LogP contribution in [0.5, 0.6) is 0 Å². The lowest BCUT2D eigenvalue weighted by molar-refractivity contribution is 0.0946. The monoisotopic (exact) mass is 427 g/mol. The maximum Gasteiger partial charge on any atom is 0.254 e. The van der Waals surface area contributed by atoms with E-state index in [9.17, 15) is 13.6 Å². The van der Waals surface area contributed by atoms with Crippen LogP contribution in [0, 0.1) is 18.6 Å². The first-order chi connectivity index (χ1) is 14.5. The van der Waals surface area contributed by atoms with Crippen LogP contribution in [0.1, 0.15) is 34.0 Å². The first-order valence-electron chi connectivity index (χ1n) is 9.61. The number of benzene rings is 2. The standard InChI is InChI=1S/C23H23F2N3OS/c1-3-30-23-21(22(29)27-14-17-5-4-6-19(25)12-17)15(2)11-20(28-23)26-13-16-7-9-18(24)10-8-16/h4-12H,3,13-14H2,1-2H3,(H,26,28)(H,27,29). The van der Waals surface area contributed by atoms with Gasteiger partial charge in [-0.25, -0.2) is 13.8 Å². The summed E-state index contributed by atoms with van der Waals surface area (Å²) >= 11 is 1.48. The highest BCUT2D eigenvalue weighted by Gasteiger charge is 2.17. The third kappa shape index (κ3) is 5.79. The van der Waals surface area contributed by atoms with Crippen LogP contribution < -0.4 is 10.6 Å². The topological polar surface area (TPSA) is 54.0 Å². The van der Waals surface area contributed by atoms with Gasteiger partial charge in [0.15, 0.2) is 0 Å². The van der Waals surface area contributed by atoms with Gasteiger partial charge in [0.25, 0.3) is 5.91 Å². The van der Waals surface area contributed by atoms with E-state index < -0.39 is 0 Å². The predicted molar refractivity (Wildman–Crippen MR) is 117 cm³/mol. The molecule has 3 aromatic rings. The average Bonchev–Trinajstić information content (AvgIpc) is 2.72. The second-order valence-corrected chi connectivity index (χ2v) is 7.98. The van der Waals surface area contributed by atoms with Crippen molar-refractivity contribution in [2.24, 2.45) is 0 Å². The van der Waals surface area contributed by atoms with Gasteiger partial charge in [-0.1, -0.05) is 31.2 Å². The molecule has 0 saturated heterocycles. The summed E-state index contributed by atoms with van der Waals surface area (Å²) in [5.41, 5.74) is 2.93. The van der Waals surface area contributed by atoms with Crippen LogP contribution in [0.15, 0.2) is 59.6 Å². The fraction of sp³-hybridized carbons (Fsp3) is 0.217. The molecule has 1 heterocycles. The minimum absolute atomic E-state index is 0.233. The second-order valence-electron chi connectivity index (χ2n) is 6.73. The first-order valence-corrected chi connectivity index (χ1v) is 10.6. The van der Waals surface area contributed by atoms with Gasteiger partial charge in [-0.2, -0.15) is 0 Å². The first kappa shape index (κ1) is 21.8. The Morgan fingerprint density at radius 3 is 2.47 bits per heavy atom. The number of nitrogens with zero attached hydrogens (tertiary/aromatic N) is 1. The lowest BCUT2D eigenvalue weighted by Crippen LogP contribution is -2.25. The van der Waals surface area contributed by atoms with E-state index >= 15 is 0 Å². The number of rotatable bonds is 8. The zero-order valence-electron chi connectivity index (χ0n) is 16.8. The average molecular weight is 428 g/mol. The quantitative estimate of drug-likeness (QED) is 0.478. The third-order valence-electron chi connectivity index (χ3n) is 4.42. The molecule has 0 aliphatic heterocycles. The number of nitrogens with one attached hydrogen (secondary N) is 2. The molecular formula is C23H23F2N3OS. The number of hydrogen-bond donors (Lipinski definition) is 2. The molecule has 156 valence electrons. The van der Waals surface area contributed by atoms with E-state index in [1.54, 1.807) is 24.3 Å². The molecular weight excluding hydrogens is 404 g/mol. The summed E-state index contributed by atoms with van der Waals surface area (Å²) in [5.74, 6) is 0.555. The van der Waals surface area contributed by atoms with Gasteiger partial charge in [-0.3, -0.25) is 4.79 Å². The fourth-order valence-electron chi connectivity index (χ4n) is 2.96. The molecule has 0 saturated carbocycles. The van der Waals surface area contributed by atoms with E-state index in [1.165, 1.54) is 36.0 Å². The molecule has 2 aromatic carbocycles. The van der Waals surface area contributed by atoms with Gasteiger partial charge in [0, 0.05) is 13.1 Å². The summed E-state index contributed by atoms with van der Waals surface area (Å²) < 4.78 is 26.4. The largest absolute Gasteiger partial charge is 0.366 e. The molecule has 0 atom stereocenters. The van der Waals surface area contributed by atoms with Gasteiger partial charge in [-0.05, 0) is 59.7 Å². The molecule has 0 aliphatic rings. The number of carbonyl (C=O) groups excluding carboxylic acids is 1. The molecule has 3 rings (SSSR count). The van der Waals surface area contributed by atoms with E-state index in [1.807, 2.05) is 19.9 Å². The van der Waals surface area contributed by atoms with Crippen LogP contribution in [0.25, 0.3) is 0 Å². The Morgan fingerprint density at radius 2 is 1.77 bits per heavy atom. The number of amides is 1. The number of pyridine rings is 1. The zero-order chi connectivity index (χ0) is 21.5. The van der Waals surface area contributed by atoms with Crippen molar-refractivity contribution < 1.29 is 13.6 Å². The van der Waals surface area contributed by atoms with Crippen LogP contribution in [-0.4, -0.2) is 16.6 Å². The van der Waals surface area contributed by atoms with Crippen molar-refractivity contribution in [3.63, 3.8) is 0 Å². The van der Waals surface area contributed by atoms with Gasteiger partial charge in [0.1, 0.15) is 22.5 Å². The molecule has 0 spiro atoms. The molecule has 4 nitrogen and oxygen atoms in total. The van der Waals surface area contributed by atoms with Crippen molar-refractivity contribution in [2.75, 3.05) is 11.1 Å². The fourth-order valence-corrected chi connectivity index (χ4v) is 3.80. The Kier molecular flexibility index (Phi) is 7.41. The SMILES string of the molecule is CCSc1nc(NCc2ccc(F)cc2)cc(C)c1C(=O)NCc1cccc(F)c1. The summed E-state index contributed by atoms with van der Waals surface area (Å²) in [6.07, 6.45) is 0. The van der Waals surface area contributed by atoms with Crippen LogP contribution in [0.2, 0.25) is 0 Å². The van der Waals surface area contributed by atoms with Crippen molar-refractivity contribution in [1.29, 1.82) is 0 Å². The summed E-state index contributed by atoms with van der Waals surface area (Å²) in [6, 6.07) is 14.2. The van der Waals surface area contributed by atoms with E-state index in [2.05, 4.69) is 15.6 Å². The Labute approximate surface area is 179 Å². The smallest absolute Gasteiger partial charge is 0.254 e. The number of thioether (sulfide) groups is 1. The van der Waals surface area contributed by atoms with Crippen LogP contribution in [0.4, 0.5) is 14.6 Å². The minimum atomic E-state index is -0.335. The number of hydrogen-bond acceptors (Lipinski definition) is 4. The Hall–Kier alpha value is -2.93. The van der Waals surface area contributed by atoms with E-state index in [-0.39, 0.29) is 24.1 Å². The van der Waals surface area contributed by atoms with Gasteiger partial charge in [-0.15, -0.1) is 11.8 Å². The Bertz CT molecular complexity index is 1030. The Balaban J connectivity index is 1.74. The molecule has 0 fully saturated rings. The van der Waals surface area contributed by atoms with Gasteiger partial charge in [0.05, 0.1) is 5.56 Å². The molecule has 30 heavy (non-hydrogen) atoms. The van der Waals surface area contributed by atoms with E-state index in [0.717, 1.165) is 16.9 Å². The zero-order valence-corrected chi connectivity index (χ0v) is 17.7. The molecule has 0 unspecified atom stereocenters.